The summed E-state index contributed by atoms with van der Waals surface area (Å²) in [6.45, 7) is 4.04. The van der Waals surface area contributed by atoms with Gasteiger partial charge in [-0.25, -0.2) is 0 Å². The van der Waals surface area contributed by atoms with Crippen LogP contribution in [0, 0.1) is 0 Å². The Kier molecular flexibility index (Phi) is 9.28. The second-order valence-corrected chi connectivity index (χ2v) is 4.28. The summed E-state index contributed by atoms with van der Waals surface area (Å²) in [6.07, 6.45) is 7.81. The monoisotopic (exact) mass is 338 g/mol. The average molecular weight is 340 g/mol. The summed E-state index contributed by atoms with van der Waals surface area (Å²) in [5.41, 5.74) is 10.6. The van der Waals surface area contributed by atoms with E-state index in [4.69, 9.17) is 5.53 Å². The predicted octanol–water partition coefficient (Wildman–Crippen LogP) is -0.325. The fraction of sp³-hybridized carbons (Fsp3) is 0.267. The molecule has 0 saturated carbocycles. The summed E-state index contributed by atoms with van der Waals surface area (Å²) < 4.78 is 0. The Morgan fingerprint density at radius 1 is 1.15 bits per heavy atom. The van der Waals surface area contributed by atoms with Gasteiger partial charge in [-0.3, -0.25) is 4.90 Å². The molecule has 1 aromatic carbocycles. The zero-order valence-electron chi connectivity index (χ0n) is 11.6. The molecule has 0 atom stereocenters. The van der Waals surface area contributed by atoms with Gasteiger partial charge in [-0.2, -0.15) is 4.79 Å². The first-order chi connectivity index (χ1) is 8.83. The summed E-state index contributed by atoms with van der Waals surface area (Å²) in [7, 11) is 0. The predicted molar refractivity (Wildman–Crippen MR) is 73.2 cm³/mol. The molecule has 0 amide bonds. The minimum atomic E-state index is 0. The number of halogens is 1. The van der Waals surface area contributed by atoms with Crippen LogP contribution >= 0.6 is 0 Å². The van der Waals surface area contributed by atoms with Crippen molar-refractivity contribution in [1.29, 1.82) is 0 Å². The molecule has 0 radical (unpaired) electrons. The topological polar surface area (TPSA) is 39.6 Å². The van der Waals surface area contributed by atoms with E-state index in [1.54, 1.807) is 0 Å². The number of rotatable bonds is 4. The van der Waals surface area contributed by atoms with Gasteiger partial charge in [-0.1, -0.05) is 49.4 Å². The smallest absolute Gasteiger partial charge is 1.00 e. The maximum absolute atomic E-state index is 8.68. The van der Waals surface area contributed by atoms with E-state index < -0.39 is 0 Å². The van der Waals surface area contributed by atoms with Crippen molar-refractivity contribution in [3.05, 3.63) is 65.7 Å². The Balaban J connectivity index is 0.00000180. The van der Waals surface area contributed by atoms with E-state index in [2.05, 4.69) is 53.0 Å². The average Bonchev–Trinajstić information content (AvgIpc) is 2.46. The SMILES string of the molecule is CCN(Cc1ccccc1)C1C=CC(=[N+]=[N-])C=C1.[Cl-].[Zn+2]. The quantitative estimate of drug-likeness (QED) is 0.421. The van der Waals surface area contributed by atoms with Crippen molar-refractivity contribution < 1.29 is 36.7 Å². The van der Waals surface area contributed by atoms with Crippen LogP contribution in [-0.4, -0.2) is 28.0 Å². The van der Waals surface area contributed by atoms with Crippen molar-refractivity contribution >= 4 is 5.71 Å². The molecule has 0 saturated heterocycles. The summed E-state index contributed by atoms with van der Waals surface area (Å²) in [4.78, 5) is 5.53. The second kappa shape index (κ2) is 9.79. The molecular weight excluding hydrogens is 323 g/mol. The van der Waals surface area contributed by atoms with Gasteiger partial charge >= 0.3 is 25.2 Å². The number of allylic oxidation sites excluding steroid dienone is 2. The van der Waals surface area contributed by atoms with Gasteiger partial charge in [0.2, 0.25) is 0 Å². The summed E-state index contributed by atoms with van der Waals surface area (Å²) in [5, 5.41) is 0. The zero-order chi connectivity index (χ0) is 12.8. The van der Waals surface area contributed by atoms with Crippen LogP contribution in [0.1, 0.15) is 12.5 Å². The van der Waals surface area contributed by atoms with Gasteiger partial charge in [0.15, 0.2) is 0 Å². The molecule has 0 heterocycles. The first-order valence-corrected chi connectivity index (χ1v) is 6.20. The first kappa shape index (κ1) is 19.0. The third-order valence-corrected chi connectivity index (χ3v) is 3.10. The van der Waals surface area contributed by atoms with Crippen LogP contribution in [-0.2, 0) is 26.0 Å². The maximum Gasteiger partial charge on any atom is 2.00 e. The van der Waals surface area contributed by atoms with Gasteiger partial charge in [-0.15, -0.1) is 0 Å². The van der Waals surface area contributed by atoms with Crippen LogP contribution in [0.4, 0.5) is 0 Å². The van der Waals surface area contributed by atoms with Gasteiger partial charge < -0.3 is 17.9 Å². The summed E-state index contributed by atoms with van der Waals surface area (Å²) in [5.74, 6) is 0. The molecule has 0 bridgehead atoms. The molecule has 0 N–H and O–H groups in total. The van der Waals surface area contributed by atoms with Crippen LogP contribution in [0.5, 0.6) is 0 Å². The van der Waals surface area contributed by atoms with Gasteiger partial charge in [0.1, 0.15) is 0 Å². The van der Waals surface area contributed by atoms with E-state index >= 15 is 0 Å². The van der Waals surface area contributed by atoms with Crippen LogP contribution < -0.4 is 12.4 Å². The Labute approximate surface area is 139 Å². The Hall–Kier alpha value is -1.05. The minimum absolute atomic E-state index is 0. The van der Waals surface area contributed by atoms with E-state index in [0.717, 1.165) is 13.1 Å². The molecule has 5 heteroatoms. The van der Waals surface area contributed by atoms with Crippen LogP contribution in [0.2, 0.25) is 0 Å². The van der Waals surface area contributed by atoms with E-state index in [0.29, 0.717) is 5.71 Å². The largest absolute Gasteiger partial charge is 2.00 e. The molecule has 0 fully saturated rings. The van der Waals surface area contributed by atoms with Crippen LogP contribution in [0.15, 0.2) is 54.6 Å². The number of benzene rings is 1. The normalized spacial score (nSPS) is 16.3. The fourth-order valence-electron chi connectivity index (χ4n) is 2.07. The molecule has 1 aromatic rings. The molecular formula is C15H17ClN3Zn+. The number of hydrogen-bond acceptors (Lipinski definition) is 1. The van der Waals surface area contributed by atoms with Crippen molar-refractivity contribution in [3.8, 4) is 0 Å². The second-order valence-electron chi connectivity index (χ2n) is 4.28. The maximum atomic E-state index is 8.68. The Morgan fingerprint density at radius 3 is 2.25 bits per heavy atom. The van der Waals surface area contributed by atoms with Crippen molar-refractivity contribution in [2.24, 2.45) is 0 Å². The first-order valence-electron chi connectivity index (χ1n) is 6.20. The van der Waals surface area contributed by atoms with Crippen molar-refractivity contribution in [3.63, 3.8) is 0 Å². The molecule has 1 aliphatic carbocycles. The number of likely N-dealkylation sites (N-methyl/N-ethyl adjacent to an activating group) is 1. The third-order valence-electron chi connectivity index (χ3n) is 3.10. The fourth-order valence-corrected chi connectivity index (χ4v) is 2.07. The van der Waals surface area contributed by atoms with Gasteiger partial charge in [-0.05, 0) is 12.1 Å². The molecule has 0 aromatic heterocycles. The number of nitrogens with zero attached hydrogens (tertiary/aromatic N) is 3. The van der Waals surface area contributed by atoms with Gasteiger partial charge in [0, 0.05) is 24.7 Å². The van der Waals surface area contributed by atoms with Crippen LogP contribution in [0.3, 0.4) is 0 Å². The van der Waals surface area contributed by atoms with E-state index in [1.807, 2.05) is 18.2 Å². The molecule has 0 spiro atoms. The molecule has 1 aliphatic rings. The standard InChI is InChI=1S/C15H17N3.ClH.Zn/c1-2-18(12-13-6-4-3-5-7-13)15-10-8-14(17-16)9-11-15;;/h3-11,15H,2,12H2,1H3;1H;/q;;+2/p-1. The molecule has 0 aliphatic heterocycles. The van der Waals surface area contributed by atoms with Gasteiger partial charge in [0.05, 0.1) is 0 Å². The minimum Gasteiger partial charge on any atom is -1.00 e. The van der Waals surface area contributed by atoms with E-state index in [1.165, 1.54) is 5.56 Å². The number of hydrogen-bond donors (Lipinski definition) is 0. The van der Waals surface area contributed by atoms with Crippen LogP contribution in [0.25, 0.3) is 5.53 Å². The third kappa shape index (κ3) is 5.15. The van der Waals surface area contributed by atoms with Crippen molar-refractivity contribution in [1.82, 2.24) is 4.90 Å². The van der Waals surface area contributed by atoms with Crippen molar-refractivity contribution in [2.45, 2.75) is 19.5 Å². The summed E-state index contributed by atoms with van der Waals surface area (Å²) in [6, 6.07) is 10.7. The Bertz CT molecular complexity index is 491. The van der Waals surface area contributed by atoms with Gasteiger partial charge in [0.25, 0.3) is 0 Å². The molecule has 3 nitrogen and oxygen atoms in total. The van der Waals surface area contributed by atoms with E-state index in [9.17, 15) is 0 Å². The van der Waals surface area contributed by atoms with Crippen molar-refractivity contribution in [2.75, 3.05) is 6.54 Å². The zero-order valence-corrected chi connectivity index (χ0v) is 15.3. The molecule has 20 heavy (non-hydrogen) atoms. The molecule has 0 unspecified atom stereocenters. The molecule has 100 valence electrons. The van der Waals surface area contributed by atoms with E-state index in [-0.39, 0.29) is 37.9 Å². The Morgan fingerprint density at radius 2 is 1.75 bits per heavy atom. The molecule has 2 rings (SSSR count). The summed E-state index contributed by atoms with van der Waals surface area (Å²) >= 11 is 0.